The van der Waals surface area contributed by atoms with E-state index in [2.05, 4.69) is 87.9 Å². The summed E-state index contributed by atoms with van der Waals surface area (Å²) in [6, 6.07) is 9.90. The highest BCUT2D eigenvalue weighted by molar-refractivity contribution is 6.59. The van der Waals surface area contributed by atoms with E-state index in [1.165, 1.54) is 0 Å². The van der Waals surface area contributed by atoms with E-state index in [0.717, 1.165) is 22.0 Å². The van der Waals surface area contributed by atoms with Crippen LogP contribution >= 0.6 is 0 Å². The fraction of sp³-hybridized carbons (Fsp3) is 0.263. The molecule has 0 aliphatic carbocycles. The van der Waals surface area contributed by atoms with E-state index in [-0.39, 0.29) is 23.1 Å². The van der Waals surface area contributed by atoms with E-state index in [1.807, 2.05) is 36.5 Å². The molecule has 1 aromatic carbocycles. The van der Waals surface area contributed by atoms with Crippen LogP contribution in [0.15, 0.2) is 48.9 Å². The van der Waals surface area contributed by atoms with Crippen molar-refractivity contribution >= 4 is 85.5 Å². The van der Waals surface area contributed by atoms with Gasteiger partial charge in [-0.15, -0.1) is 0 Å². The predicted molar refractivity (Wildman–Crippen MR) is 158 cm³/mol. The van der Waals surface area contributed by atoms with E-state index in [4.69, 9.17) is 4.74 Å². The topological polar surface area (TPSA) is 80.2 Å². The van der Waals surface area contributed by atoms with Crippen molar-refractivity contribution in [2.24, 2.45) is 0 Å². The van der Waals surface area contributed by atoms with Crippen LogP contribution in [0.3, 0.4) is 0 Å². The number of carbonyl (C=O) groups excluding carboxylic acids is 1. The predicted octanol–water partition coefficient (Wildman–Crippen LogP) is -6.36. The first kappa shape index (κ1) is 24.7. The van der Waals surface area contributed by atoms with E-state index in [9.17, 15) is 4.79 Å². The van der Waals surface area contributed by atoms with Crippen molar-refractivity contribution < 1.29 is 9.53 Å². The molecule has 1 fully saturated rings. The van der Waals surface area contributed by atoms with E-state index in [1.54, 1.807) is 12.4 Å². The van der Waals surface area contributed by atoms with Gasteiger partial charge in [0, 0.05) is 40.3 Å². The second-order valence-corrected chi connectivity index (χ2v) is 11.1. The highest BCUT2D eigenvalue weighted by Crippen LogP contribution is 2.39. The first-order valence-corrected chi connectivity index (χ1v) is 11.7. The summed E-state index contributed by atoms with van der Waals surface area (Å²) in [5, 5.41) is 2.16. The molecule has 15 heteroatoms. The minimum Gasteiger partial charge on any atom is -0.403 e. The van der Waals surface area contributed by atoms with Crippen LogP contribution in [-0.2, 0) is 9.53 Å². The Hall–Kier alpha value is -2.38. The molecular weight excluding hydrogens is 417 g/mol. The monoisotopic (exact) mass is 445 g/mol. The standard InChI is InChI=1S/C19H27B8N5O2/c20-16(21)18(24,25)34-19(26,27)17(22,23)32(16)9-14(33)31-15-29-8-12-4-3-10(6-13(12)30-15)11-2-1-5-28-7-11/h1-8H,9,20-27H2,(H,29,30,31,33). The fourth-order valence-corrected chi connectivity index (χ4v) is 4.74. The van der Waals surface area contributed by atoms with Crippen LogP contribution in [0.25, 0.3) is 22.0 Å². The van der Waals surface area contributed by atoms with Gasteiger partial charge in [-0.25, -0.2) is 9.97 Å². The zero-order chi connectivity index (χ0) is 24.9. The van der Waals surface area contributed by atoms with E-state index >= 15 is 0 Å². The number of anilines is 1. The number of aromatic nitrogens is 3. The Morgan fingerprint density at radius 1 is 0.941 bits per heavy atom. The lowest BCUT2D eigenvalue weighted by Crippen LogP contribution is -2.86. The molecular formula is C19H27B8N5O2. The number of pyridine rings is 1. The summed E-state index contributed by atoms with van der Waals surface area (Å²) in [4.78, 5) is 28.6. The Kier molecular flexibility index (Phi) is 6.10. The van der Waals surface area contributed by atoms with Crippen molar-refractivity contribution in [3.8, 4) is 11.1 Å². The molecule has 0 saturated carbocycles. The van der Waals surface area contributed by atoms with Gasteiger partial charge in [0.25, 0.3) is 0 Å². The number of carbonyl (C=O) groups is 1. The molecule has 1 amide bonds. The van der Waals surface area contributed by atoms with Crippen LogP contribution in [-0.4, -0.2) is 117 Å². The minimum absolute atomic E-state index is 0.155. The lowest BCUT2D eigenvalue weighted by molar-refractivity contribution is -0.131. The summed E-state index contributed by atoms with van der Waals surface area (Å²) in [6.45, 7) is 0.202. The third-order valence-electron chi connectivity index (χ3n) is 7.94. The Morgan fingerprint density at radius 2 is 1.62 bits per heavy atom. The molecule has 3 aromatic rings. The van der Waals surface area contributed by atoms with Crippen molar-refractivity contribution in [2.75, 3.05) is 11.9 Å². The number of nitrogens with zero attached hydrogens (tertiary/aromatic N) is 4. The van der Waals surface area contributed by atoms with Crippen molar-refractivity contribution in [1.29, 1.82) is 0 Å². The molecule has 164 valence electrons. The molecule has 0 spiro atoms. The zero-order valence-corrected chi connectivity index (χ0v) is 21.4. The molecule has 1 aliphatic rings. The maximum Gasteiger partial charge on any atom is 0.240 e. The lowest BCUT2D eigenvalue weighted by Gasteiger charge is -2.68. The molecule has 1 aliphatic heterocycles. The van der Waals surface area contributed by atoms with Gasteiger partial charge >= 0.3 is 0 Å². The van der Waals surface area contributed by atoms with Gasteiger partial charge in [-0.2, -0.15) is 0 Å². The molecule has 0 atom stereocenters. The smallest absolute Gasteiger partial charge is 0.240 e. The van der Waals surface area contributed by atoms with Crippen LogP contribution < -0.4 is 5.32 Å². The molecule has 1 N–H and O–H groups in total. The van der Waals surface area contributed by atoms with Gasteiger partial charge in [0.1, 0.15) is 62.8 Å². The number of morpholine rings is 1. The van der Waals surface area contributed by atoms with Crippen LogP contribution in [0.2, 0.25) is 0 Å². The Bertz CT molecular complexity index is 1220. The van der Waals surface area contributed by atoms with Crippen molar-refractivity contribution in [1.82, 2.24) is 19.9 Å². The number of hydrogen-bond donors (Lipinski definition) is 1. The second kappa shape index (κ2) is 8.38. The number of fused-ring (bicyclic) bond motifs is 1. The SMILES string of the molecule is BC1(B)OC(B)(B)C(B)(B)N(CC(=O)Nc2ncc3ccc(-c4cccnc4)cc3n2)C1(B)B. The van der Waals surface area contributed by atoms with Crippen LogP contribution in [0.1, 0.15) is 0 Å². The van der Waals surface area contributed by atoms with Crippen molar-refractivity contribution in [3.63, 3.8) is 0 Å². The van der Waals surface area contributed by atoms with Gasteiger partial charge in [0.05, 0.1) is 12.1 Å². The average Bonchev–Trinajstić information content (AvgIpc) is 2.75. The van der Waals surface area contributed by atoms with Crippen LogP contribution in [0.4, 0.5) is 5.95 Å². The molecule has 3 heterocycles. The summed E-state index contributed by atoms with van der Waals surface area (Å²) < 4.78 is 6.52. The largest absolute Gasteiger partial charge is 0.403 e. The third kappa shape index (κ3) is 4.24. The summed E-state index contributed by atoms with van der Waals surface area (Å²) in [7, 11) is 16.9. The van der Waals surface area contributed by atoms with E-state index in [0.29, 0.717) is 5.95 Å². The third-order valence-corrected chi connectivity index (χ3v) is 7.94. The molecule has 1 saturated heterocycles. The molecule has 34 heavy (non-hydrogen) atoms. The van der Waals surface area contributed by atoms with Gasteiger partial charge in [-0.1, -0.05) is 18.2 Å². The zero-order valence-electron chi connectivity index (χ0n) is 21.4. The first-order valence-electron chi connectivity index (χ1n) is 11.7. The average molecular weight is 444 g/mol. The van der Waals surface area contributed by atoms with Gasteiger partial charge in [0.15, 0.2) is 0 Å². The molecule has 2 aromatic heterocycles. The number of nitrogens with one attached hydrogen (secondary N) is 1. The van der Waals surface area contributed by atoms with Gasteiger partial charge in [-0.05, 0) is 28.4 Å². The van der Waals surface area contributed by atoms with Gasteiger partial charge in [0.2, 0.25) is 11.9 Å². The Balaban J connectivity index is 1.59. The second-order valence-electron chi connectivity index (χ2n) is 11.1. The van der Waals surface area contributed by atoms with Crippen LogP contribution in [0.5, 0.6) is 0 Å². The summed E-state index contributed by atoms with van der Waals surface area (Å²) in [5.41, 5.74) is 2.79. The summed E-state index contributed by atoms with van der Waals surface area (Å²) in [5.74, 6) is 0.139. The first-order chi connectivity index (χ1) is 15.7. The van der Waals surface area contributed by atoms with Crippen molar-refractivity contribution in [2.45, 2.75) is 21.5 Å². The Labute approximate surface area is 208 Å². The Morgan fingerprint density at radius 3 is 2.24 bits per heavy atom. The number of ether oxygens (including phenoxy) is 1. The molecule has 4 rings (SSSR count). The molecule has 0 radical (unpaired) electrons. The fourth-order valence-electron chi connectivity index (χ4n) is 4.74. The molecule has 0 unspecified atom stereocenters. The normalized spacial score (nSPS) is 20.5. The minimum atomic E-state index is -0.450. The number of amides is 1. The lowest BCUT2D eigenvalue weighted by atomic mass is 9.30. The quantitative estimate of drug-likeness (QED) is 0.404. The maximum atomic E-state index is 13.2. The van der Waals surface area contributed by atoms with Crippen molar-refractivity contribution in [3.05, 3.63) is 48.9 Å². The highest BCUT2D eigenvalue weighted by Gasteiger charge is 2.58. The summed E-state index contributed by atoms with van der Waals surface area (Å²) >= 11 is 0. The number of hydrogen-bond acceptors (Lipinski definition) is 6. The van der Waals surface area contributed by atoms with E-state index < -0.39 is 10.8 Å². The number of benzene rings is 1. The molecule has 0 bridgehead atoms. The number of rotatable bonds is 4. The summed E-state index contributed by atoms with van der Waals surface area (Å²) in [6.07, 6.45) is 5.30. The molecule has 7 nitrogen and oxygen atoms in total. The highest BCUT2D eigenvalue weighted by atomic mass is 16.5. The maximum absolute atomic E-state index is 13.2. The van der Waals surface area contributed by atoms with Gasteiger partial charge in [-0.3, -0.25) is 15.1 Å². The van der Waals surface area contributed by atoms with Gasteiger partial charge < -0.3 is 9.64 Å². The van der Waals surface area contributed by atoms with Crippen LogP contribution in [0, 0.1) is 0 Å².